The molecule has 36 heavy (non-hydrogen) atoms. The molecule has 0 radical (unpaired) electrons. The van der Waals surface area contributed by atoms with Gasteiger partial charge in [-0.05, 0) is 55.3 Å². The van der Waals surface area contributed by atoms with Crippen LogP contribution in [0, 0.1) is 5.92 Å². The van der Waals surface area contributed by atoms with E-state index in [1.165, 1.54) is 0 Å². The highest BCUT2D eigenvalue weighted by molar-refractivity contribution is 6.21. The molecule has 1 atom stereocenters. The Balaban J connectivity index is 1.63. The van der Waals surface area contributed by atoms with Crippen molar-refractivity contribution in [2.24, 2.45) is 5.92 Å². The number of nitrogens with one attached hydrogen (secondary N) is 3. The molecule has 1 aliphatic heterocycles. The van der Waals surface area contributed by atoms with Gasteiger partial charge in [0.1, 0.15) is 17.2 Å². The molecule has 192 valence electrons. The number of urea groups is 1. The van der Waals surface area contributed by atoms with Crippen molar-refractivity contribution in [3.63, 3.8) is 0 Å². The largest absolute Gasteiger partial charge is 0.467 e. The number of carbonyl (C=O) groups is 4. The Hall–Kier alpha value is -3.92. The molecule has 3 rings (SSSR count). The lowest BCUT2D eigenvalue weighted by Gasteiger charge is -2.34. The van der Waals surface area contributed by atoms with E-state index in [9.17, 15) is 19.2 Å². The number of carbonyl (C=O) groups excluding carboxylic acids is 4. The first kappa shape index (κ1) is 26.7. The van der Waals surface area contributed by atoms with Crippen molar-refractivity contribution in [2.75, 3.05) is 13.2 Å². The van der Waals surface area contributed by atoms with E-state index in [0.29, 0.717) is 24.7 Å². The number of hydrogen-bond donors (Lipinski definition) is 3. The Morgan fingerprint density at radius 1 is 0.917 bits per heavy atom. The van der Waals surface area contributed by atoms with Gasteiger partial charge in [0.25, 0.3) is 17.4 Å². The summed E-state index contributed by atoms with van der Waals surface area (Å²) < 4.78 is 17.0. The highest BCUT2D eigenvalue weighted by atomic mass is 16.5. The van der Waals surface area contributed by atoms with E-state index in [-0.39, 0.29) is 30.6 Å². The molecule has 0 spiro atoms. The first-order chi connectivity index (χ1) is 17.3. The van der Waals surface area contributed by atoms with Gasteiger partial charge in [0, 0.05) is 25.5 Å². The number of imide groups is 2. The van der Waals surface area contributed by atoms with E-state index in [1.54, 1.807) is 43.3 Å². The molecule has 2 aromatic carbocycles. The molecule has 1 unspecified atom stereocenters. The summed E-state index contributed by atoms with van der Waals surface area (Å²) in [5.41, 5.74) is -0.992. The van der Waals surface area contributed by atoms with Crippen molar-refractivity contribution in [3.8, 4) is 17.2 Å². The van der Waals surface area contributed by atoms with Crippen LogP contribution in [0.1, 0.15) is 39.2 Å². The number of benzene rings is 2. The van der Waals surface area contributed by atoms with Crippen LogP contribution in [0.4, 0.5) is 4.79 Å². The Morgan fingerprint density at radius 2 is 1.47 bits per heavy atom. The SMILES string of the molecule is CCOCCC1(Oc2ccc(Oc3ccc(CNC(=O)C(C)CC)cc3)cc2)C(=O)NC(=O)NC1=O. The molecule has 0 saturated carbocycles. The topological polar surface area (TPSA) is 132 Å². The van der Waals surface area contributed by atoms with Crippen LogP contribution < -0.4 is 25.4 Å². The Kier molecular flexibility index (Phi) is 9.02. The molecule has 0 aromatic heterocycles. The maximum atomic E-state index is 12.6. The maximum Gasteiger partial charge on any atom is 0.328 e. The molecule has 3 N–H and O–H groups in total. The highest BCUT2D eigenvalue weighted by Crippen LogP contribution is 2.28. The summed E-state index contributed by atoms with van der Waals surface area (Å²) >= 11 is 0. The highest BCUT2D eigenvalue weighted by Gasteiger charge is 2.52. The van der Waals surface area contributed by atoms with E-state index in [0.717, 1.165) is 12.0 Å². The smallest absolute Gasteiger partial charge is 0.328 e. The van der Waals surface area contributed by atoms with Gasteiger partial charge in [-0.25, -0.2) is 4.79 Å². The third-order valence-corrected chi connectivity index (χ3v) is 5.79. The molecule has 1 fully saturated rings. The van der Waals surface area contributed by atoms with Crippen LogP contribution in [0.5, 0.6) is 17.2 Å². The lowest BCUT2D eigenvalue weighted by Crippen LogP contribution is -2.69. The van der Waals surface area contributed by atoms with Crippen molar-refractivity contribution >= 4 is 23.8 Å². The maximum absolute atomic E-state index is 12.6. The summed E-state index contributed by atoms with van der Waals surface area (Å²) in [6, 6.07) is 12.8. The standard InChI is InChI=1S/C26H31N3O7/c1-4-17(3)22(30)27-16-18-6-8-19(9-7-18)35-20-10-12-21(13-11-20)36-26(14-15-34-5-2)23(31)28-25(33)29-24(26)32/h6-13,17H,4-5,14-16H2,1-3H3,(H,27,30)(H2,28,29,31,32,33). The van der Waals surface area contributed by atoms with Crippen LogP contribution >= 0.6 is 0 Å². The second kappa shape index (κ2) is 12.2. The summed E-state index contributed by atoms with van der Waals surface area (Å²) in [5.74, 6) is -0.355. The van der Waals surface area contributed by atoms with Crippen molar-refractivity contribution < 1.29 is 33.4 Å². The third-order valence-electron chi connectivity index (χ3n) is 5.79. The zero-order valence-corrected chi connectivity index (χ0v) is 20.6. The van der Waals surface area contributed by atoms with E-state index in [4.69, 9.17) is 14.2 Å². The summed E-state index contributed by atoms with van der Waals surface area (Å²) in [6.07, 6.45) is 0.713. The molecule has 1 aliphatic rings. The molecule has 1 saturated heterocycles. The van der Waals surface area contributed by atoms with Gasteiger partial charge < -0.3 is 19.5 Å². The first-order valence-corrected chi connectivity index (χ1v) is 11.9. The summed E-state index contributed by atoms with van der Waals surface area (Å²) in [4.78, 5) is 48.6. The van der Waals surface area contributed by atoms with Crippen LogP contribution in [0.3, 0.4) is 0 Å². The molecular formula is C26H31N3O7. The van der Waals surface area contributed by atoms with Gasteiger partial charge in [-0.2, -0.15) is 0 Å². The summed E-state index contributed by atoms with van der Waals surface area (Å²) in [5, 5.41) is 7.07. The van der Waals surface area contributed by atoms with Crippen molar-refractivity contribution in [2.45, 2.75) is 45.8 Å². The zero-order chi connectivity index (χ0) is 26.1. The van der Waals surface area contributed by atoms with Crippen LogP contribution in [0.15, 0.2) is 48.5 Å². The number of hydrogen-bond acceptors (Lipinski definition) is 7. The fourth-order valence-electron chi connectivity index (χ4n) is 3.41. The van der Waals surface area contributed by atoms with E-state index < -0.39 is 23.4 Å². The molecule has 2 aromatic rings. The van der Waals surface area contributed by atoms with Gasteiger partial charge >= 0.3 is 6.03 Å². The minimum absolute atomic E-state index is 0.0228. The number of amides is 5. The van der Waals surface area contributed by atoms with Crippen LogP contribution in [0.2, 0.25) is 0 Å². The first-order valence-electron chi connectivity index (χ1n) is 11.9. The molecule has 10 nitrogen and oxygen atoms in total. The quantitative estimate of drug-likeness (QED) is 0.303. The predicted molar refractivity (Wildman–Crippen MR) is 130 cm³/mol. The number of rotatable bonds is 12. The van der Waals surface area contributed by atoms with E-state index >= 15 is 0 Å². The summed E-state index contributed by atoms with van der Waals surface area (Å²) in [7, 11) is 0. The van der Waals surface area contributed by atoms with Crippen molar-refractivity contribution in [1.29, 1.82) is 0 Å². The lowest BCUT2D eigenvalue weighted by molar-refractivity contribution is -0.153. The van der Waals surface area contributed by atoms with Gasteiger partial charge in [-0.1, -0.05) is 26.0 Å². The molecular weight excluding hydrogens is 466 g/mol. The van der Waals surface area contributed by atoms with Gasteiger partial charge in [0.15, 0.2) is 0 Å². The van der Waals surface area contributed by atoms with Gasteiger partial charge in [-0.15, -0.1) is 0 Å². The van der Waals surface area contributed by atoms with E-state index in [2.05, 4.69) is 16.0 Å². The Labute approximate surface area is 209 Å². The average Bonchev–Trinajstić information content (AvgIpc) is 2.87. The van der Waals surface area contributed by atoms with Crippen molar-refractivity contribution in [3.05, 3.63) is 54.1 Å². The minimum atomic E-state index is -1.94. The normalized spacial score (nSPS) is 15.5. The molecule has 5 amide bonds. The van der Waals surface area contributed by atoms with Crippen LogP contribution in [0.25, 0.3) is 0 Å². The van der Waals surface area contributed by atoms with Gasteiger partial charge in [-0.3, -0.25) is 25.0 Å². The van der Waals surface area contributed by atoms with Gasteiger partial charge in [0.2, 0.25) is 5.91 Å². The monoisotopic (exact) mass is 497 g/mol. The summed E-state index contributed by atoms with van der Waals surface area (Å²) in [6.45, 7) is 6.58. The lowest BCUT2D eigenvalue weighted by atomic mass is 9.95. The van der Waals surface area contributed by atoms with Crippen molar-refractivity contribution in [1.82, 2.24) is 16.0 Å². The molecule has 0 aliphatic carbocycles. The predicted octanol–water partition coefficient (Wildman–Crippen LogP) is 3.05. The second-order valence-electron chi connectivity index (χ2n) is 8.36. The Morgan fingerprint density at radius 3 is 2.03 bits per heavy atom. The van der Waals surface area contributed by atoms with Gasteiger partial charge in [0.05, 0.1) is 6.61 Å². The zero-order valence-electron chi connectivity index (χ0n) is 20.6. The second-order valence-corrected chi connectivity index (χ2v) is 8.36. The molecule has 0 bridgehead atoms. The molecule has 1 heterocycles. The van der Waals surface area contributed by atoms with Crippen LogP contribution in [-0.4, -0.2) is 42.6 Å². The third kappa shape index (κ3) is 6.60. The van der Waals surface area contributed by atoms with Crippen LogP contribution in [-0.2, 0) is 25.7 Å². The fraction of sp³-hybridized carbons (Fsp3) is 0.385. The minimum Gasteiger partial charge on any atom is -0.467 e. The average molecular weight is 498 g/mol. The molecule has 10 heteroatoms. The van der Waals surface area contributed by atoms with E-state index in [1.807, 2.05) is 26.0 Å². The fourth-order valence-corrected chi connectivity index (χ4v) is 3.41. The number of ether oxygens (including phenoxy) is 3. The Bertz CT molecular complexity index is 1060. The number of barbiturate groups is 1.